The molecule has 0 aliphatic heterocycles. The lowest BCUT2D eigenvalue weighted by Gasteiger charge is -2.11. The summed E-state index contributed by atoms with van der Waals surface area (Å²) < 4.78 is 0. The van der Waals surface area contributed by atoms with Gasteiger partial charge in [-0.2, -0.15) is 11.3 Å². The van der Waals surface area contributed by atoms with Crippen molar-refractivity contribution in [3.63, 3.8) is 0 Å². The van der Waals surface area contributed by atoms with Crippen LogP contribution in [0.25, 0.3) is 22.4 Å². The number of nitrogens with zero attached hydrogens (tertiary/aromatic N) is 1. The van der Waals surface area contributed by atoms with Crippen LogP contribution in [0.2, 0.25) is 0 Å². The van der Waals surface area contributed by atoms with Gasteiger partial charge in [-0.3, -0.25) is 4.79 Å². The van der Waals surface area contributed by atoms with Gasteiger partial charge in [-0.1, -0.05) is 26.0 Å². The van der Waals surface area contributed by atoms with Gasteiger partial charge in [0.2, 0.25) is 5.91 Å². The fourth-order valence-corrected chi connectivity index (χ4v) is 3.59. The highest BCUT2D eigenvalue weighted by Gasteiger charge is 2.09. The van der Waals surface area contributed by atoms with Crippen molar-refractivity contribution in [3.8, 4) is 28.1 Å². The van der Waals surface area contributed by atoms with Gasteiger partial charge in [-0.15, -0.1) is 0 Å². The maximum atomic E-state index is 12.0. The fraction of sp³-hybridized carbons (Fsp3) is 0.304. The first-order valence-corrected chi connectivity index (χ1v) is 10.8. The van der Waals surface area contributed by atoms with Crippen molar-refractivity contribution >= 4 is 23.1 Å². The van der Waals surface area contributed by atoms with Crippen LogP contribution in [-0.4, -0.2) is 29.1 Å². The number of nitrogens with one attached hydrogen (secondary N) is 2. The number of aromatic nitrogens is 1. The number of pyridine rings is 1. The van der Waals surface area contributed by atoms with Crippen LogP contribution in [0.3, 0.4) is 0 Å². The van der Waals surface area contributed by atoms with E-state index in [2.05, 4.69) is 40.9 Å². The van der Waals surface area contributed by atoms with Gasteiger partial charge in [0.15, 0.2) is 0 Å². The second-order valence-corrected chi connectivity index (χ2v) is 8.18. The van der Waals surface area contributed by atoms with Crippen LogP contribution in [-0.2, 0) is 4.79 Å². The summed E-state index contributed by atoms with van der Waals surface area (Å²) in [5.41, 5.74) is 3.78. The van der Waals surface area contributed by atoms with Crippen LogP contribution in [0.15, 0.2) is 53.2 Å². The van der Waals surface area contributed by atoms with E-state index in [1.165, 1.54) is 0 Å². The molecule has 2 heterocycles. The Morgan fingerprint density at radius 3 is 2.69 bits per heavy atom. The Morgan fingerprint density at radius 2 is 1.97 bits per heavy atom. The van der Waals surface area contributed by atoms with Gasteiger partial charge < -0.3 is 15.7 Å². The minimum absolute atomic E-state index is 0.0420. The molecule has 0 saturated heterocycles. The van der Waals surface area contributed by atoms with Crippen LogP contribution >= 0.6 is 11.3 Å². The highest BCUT2D eigenvalue weighted by molar-refractivity contribution is 7.08. The van der Waals surface area contributed by atoms with Crippen molar-refractivity contribution in [3.05, 3.63) is 53.2 Å². The minimum Gasteiger partial charge on any atom is -0.508 e. The first-order chi connectivity index (χ1) is 14.0. The molecule has 6 heteroatoms. The Hall–Kier alpha value is -2.86. The second kappa shape index (κ2) is 10.1. The van der Waals surface area contributed by atoms with Gasteiger partial charge in [-0.05, 0) is 64.6 Å². The number of anilines is 1. The molecule has 5 nitrogen and oxygen atoms in total. The van der Waals surface area contributed by atoms with Gasteiger partial charge in [0.1, 0.15) is 11.6 Å². The molecule has 29 heavy (non-hydrogen) atoms. The van der Waals surface area contributed by atoms with Gasteiger partial charge >= 0.3 is 0 Å². The fourth-order valence-electron chi connectivity index (χ4n) is 2.92. The molecular weight excluding hydrogens is 382 g/mol. The Kier molecular flexibility index (Phi) is 7.25. The number of carbonyl (C=O) groups is 1. The summed E-state index contributed by atoms with van der Waals surface area (Å²) in [6.45, 7) is 5.50. The van der Waals surface area contributed by atoms with E-state index in [9.17, 15) is 9.90 Å². The second-order valence-electron chi connectivity index (χ2n) is 7.40. The summed E-state index contributed by atoms with van der Waals surface area (Å²) in [7, 11) is 0. The third-order valence-electron chi connectivity index (χ3n) is 4.52. The van der Waals surface area contributed by atoms with E-state index >= 15 is 0 Å². The Bertz CT molecular complexity index is 939. The van der Waals surface area contributed by atoms with Crippen molar-refractivity contribution in [2.75, 3.05) is 18.4 Å². The molecule has 1 aromatic carbocycles. The number of hydrogen-bond acceptors (Lipinski definition) is 5. The van der Waals surface area contributed by atoms with E-state index in [0.29, 0.717) is 31.2 Å². The first kappa shape index (κ1) is 20.9. The lowest BCUT2D eigenvalue weighted by atomic mass is 10.1. The standard InChI is InChI=1S/C23H27N3O2S/c1-16(2)6-9-25-23(28)7-10-24-22-14-19(18-8-11-29-15-18)13-21(26-22)17-4-3-5-20(27)12-17/h3-5,8,11-16,27H,6-7,9-10H2,1-2H3,(H,24,26)(H,25,28). The van der Waals surface area contributed by atoms with E-state index in [4.69, 9.17) is 0 Å². The monoisotopic (exact) mass is 409 g/mol. The zero-order valence-electron chi connectivity index (χ0n) is 16.8. The SMILES string of the molecule is CC(C)CCNC(=O)CCNc1cc(-c2ccsc2)cc(-c2cccc(O)c2)n1. The van der Waals surface area contributed by atoms with Crippen LogP contribution < -0.4 is 10.6 Å². The predicted molar refractivity (Wildman–Crippen MR) is 120 cm³/mol. The summed E-state index contributed by atoms with van der Waals surface area (Å²) in [6.07, 6.45) is 1.38. The molecule has 0 fully saturated rings. The Labute approximate surface area is 175 Å². The van der Waals surface area contributed by atoms with E-state index in [1.807, 2.05) is 23.6 Å². The quantitative estimate of drug-likeness (QED) is 0.457. The van der Waals surface area contributed by atoms with Gasteiger partial charge in [0.25, 0.3) is 0 Å². The lowest BCUT2D eigenvalue weighted by molar-refractivity contribution is -0.120. The van der Waals surface area contributed by atoms with Crippen LogP contribution in [0, 0.1) is 5.92 Å². The van der Waals surface area contributed by atoms with Crippen molar-refractivity contribution in [1.29, 1.82) is 0 Å². The zero-order valence-corrected chi connectivity index (χ0v) is 17.6. The number of hydrogen-bond donors (Lipinski definition) is 3. The number of carbonyl (C=O) groups excluding carboxylic acids is 1. The van der Waals surface area contributed by atoms with Gasteiger partial charge in [-0.25, -0.2) is 4.98 Å². The van der Waals surface area contributed by atoms with Crippen molar-refractivity contribution in [2.45, 2.75) is 26.7 Å². The molecule has 3 aromatic rings. The number of thiophene rings is 1. The van der Waals surface area contributed by atoms with Crippen molar-refractivity contribution < 1.29 is 9.90 Å². The van der Waals surface area contributed by atoms with Crippen molar-refractivity contribution in [1.82, 2.24) is 10.3 Å². The molecule has 0 atom stereocenters. The number of benzene rings is 1. The van der Waals surface area contributed by atoms with E-state index in [1.54, 1.807) is 29.5 Å². The molecule has 0 aliphatic rings. The summed E-state index contributed by atoms with van der Waals surface area (Å²) in [4.78, 5) is 16.7. The molecule has 152 valence electrons. The maximum absolute atomic E-state index is 12.0. The molecule has 3 rings (SSSR count). The number of rotatable bonds is 9. The van der Waals surface area contributed by atoms with Gasteiger partial charge in [0, 0.05) is 25.1 Å². The highest BCUT2D eigenvalue weighted by Crippen LogP contribution is 2.30. The third-order valence-corrected chi connectivity index (χ3v) is 5.21. The average Bonchev–Trinajstić information content (AvgIpc) is 3.22. The normalized spacial score (nSPS) is 10.9. The molecule has 3 N–H and O–H groups in total. The molecule has 0 spiro atoms. The number of phenolic OH excluding ortho intramolecular Hbond substituents is 1. The molecule has 2 aromatic heterocycles. The maximum Gasteiger partial charge on any atom is 0.221 e. The number of aromatic hydroxyl groups is 1. The van der Waals surface area contributed by atoms with Crippen LogP contribution in [0.1, 0.15) is 26.7 Å². The Morgan fingerprint density at radius 1 is 1.10 bits per heavy atom. The molecule has 1 amide bonds. The molecule has 0 radical (unpaired) electrons. The highest BCUT2D eigenvalue weighted by atomic mass is 32.1. The van der Waals surface area contributed by atoms with Crippen molar-refractivity contribution in [2.24, 2.45) is 5.92 Å². The van der Waals surface area contributed by atoms with Crippen LogP contribution in [0.4, 0.5) is 5.82 Å². The molecular formula is C23H27N3O2S. The average molecular weight is 410 g/mol. The zero-order chi connectivity index (χ0) is 20.6. The summed E-state index contributed by atoms with van der Waals surface area (Å²) >= 11 is 1.64. The van der Waals surface area contributed by atoms with Crippen LogP contribution in [0.5, 0.6) is 5.75 Å². The molecule has 0 unspecified atom stereocenters. The Balaban J connectivity index is 1.71. The minimum atomic E-state index is 0.0420. The third kappa shape index (κ3) is 6.32. The van der Waals surface area contributed by atoms with E-state index in [-0.39, 0.29) is 11.7 Å². The summed E-state index contributed by atoms with van der Waals surface area (Å²) in [6, 6.07) is 13.1. The summed E-state index contributed by atoms with van der Waals surface area (Å²) in [5.74, 6) is 1.54. The predicted octanol–water partition coefficient (Wildman–Crippen LogP) is 5.15. The largest absolute Gasteiger partial charge is 0.508 e. The first-order valence-electron chi connectivity index (χ1n) is 9.86. The molecule has 0 bridgehead atoms. The summed E-state index contributed by atoms with van der Waals surface area (Å²) in [5, 5.41) is 20.2. The molecule has 0 aliphatic carbocycles. The number of phenols is 1. The van der Waals surface area contributed by atoms with E-state index < -0.39 is 0 Å². The van der Waals surface area contributed by atoms with E-state index in [0.717, 1.165) is 28.8 Å². The molecule has 0 saturated carbocycles. The number of amides is 1. The topological polar surface area (TPSA) is 74.2 Å². The lowest BCUT2D eigenvalue weighted by Crippen LogP contribution is -2.27. The smallest absolute Gasteiger partial charge is 0.221 e. The van der Waals surface area contributed by atoms with Gasteiger partial charge in [0.05, 0.1) is 5.69 Å².